The summed E-state index contributed by atoms with van der Waals surface area (Å²) in [4.78, 5) is 18.3. The summed E-state index contributed by atoms with van der Waals surface area (Å²) < 4.78 is 0. The maximum atomic E-state index is 11.6. The predicted molar refractivity (Wildman–Crippen MR) is 68.2 cm³/mol. The Bertz CT molecular complexity index is 388. The number of aromatic nitrogens is 1. The topological polar surface area (TPSA) is 45.2 Å². The lowest BCUT2D eigenvalue weighted by atomic mass is 10.2. The Balaban J connectivity index is 1.56. The Morgan fingerprint density at radius 2 is 2.41 bits per heavy atom. The first kappa shape index (κ1) is 11.0. The first-order valence-corrected chi connectivity index (χ1v) is 7.16. The van der Waals surface area contributed by atoms with E-state index in [9.17, 15) is 4.79 Å². The molecule has 1 amide bonds. The molecule has 1 N–H and O–H groups in total. The van der Waals surface area contributed by atoms with Crippen LogP contribution in [0.25, 0.3) is 0 Å². The van der Waals surface area contributed by atoms with Gasteiger partial charge >= 0.3 is 0 Å². The maximum absolute atomic E-state index is 11.6. The summed E-state index contributed by atoms with van der Waals surface area (Å²) in [7, 11) is 0. The van der Waals surface area contributed by atoms with Crippen molar-refractivity contribution in [1.82, 2.24) is 10.3 Å². The van der Waals surface area contributed by atoms with E-state index in [-0.39, 0.29) is 5.91 Å². The smallest absolute Gasteiger partial charge is 0.223 e. The van der Waals surface area contributed by atoms with Crippen molar-refractivity contribution in [3.05, 3.63) is 11.6 Å². The summed E-state index contributed by atoms with van der Waals surface area (Å²) in [5.74, 6) is 0.556. The molecule has 0 bridgehead atoms. The lowest BCUT2D eigenvalue weighted by molar-refractivity contribution is -0.122. The van der Waals surface area contributed by atoms with Crippen LogP contribution in [-0.4, -0.2) is 30.0 Å². The van der Waals surface area contributed by atoms with Crippen LogP contribution in [0.1, 0.15) is 25.7 Å². The molecule has 0 spiro atoms. The largest absolute Gasteiger partial charge is 0.354 e. The highest BCUT2D eigenvalue weighted by atomic mass is 32.1. The van der Waals surface area contributed by atoms with E-state index < -0.39 is 0 Å². The van der Waals surface area contributed by atoms with E-state index in [0.717, 1.165) is 37.5 Å². The lowest BCUT2D eigenvalue weighted by Crippen LogP contribution is -2.40. The Morgan fingerprint density at radius 3 is 3.12 bits per heavy atom. The highest BCUT2D eigenvalue weighted by Crippen LogP contribution is 2.29. The Hall–Kier alpha value is -1.10. The summed E-state index contributed by atoms with van der Waals surface area (Å²) in [6.07, 6.45) is 6.35. The van der Waals surface area contributed by atoms with E-state index in [1.165, 1.54) is 6.42 Å². The van der Waals surface area contributed by atoms with Gasteiger partial charge in [0.25, 0.3) is 0 Å². The molecule has 92 valence electrons. The average Bonchev–Trinajstić information content (AvgIpc) is 2.88. The summed E-state index contributed by atoms with van der Waals surface area (Å²) in [5.41, 5.74) is 0. The van der Waals surface area contributed by atoms with Crippen molar-refractivity contribution in [3.8, 4) is 0 Å². The molecule has 2 aliphatic rings. The monoisotopic (exact) mass is 251 g/mol. The van der Waals surface area contributed by atoms with Gasteiger partial charge in [0.05, 0.1) is 0 Å². The summed E-state index contributed by atoms with van der Waals surface area (Å²) in [5, 5.41) is 6.17. The predicted octanol–water partition coefficient (Wildman–Crippen LogP) is 1.64. The van der Waals surface area contributed by atoms with Crippen LogP contribution >= 0.6 is 11.3 Å². The zero-order chi connectivity index (χ0) is 11.7. The van der Waals surface area contributed by atoms with Gasteiger partial charge in [-0.3, -0.25) is 4.79 Å². The fourth-order valence-electron chi connectivity index (χ4n) is 2.37. The Kier molecular flexibility index (Phi) is 3.01. The number of anilines is 1. The highest BCUT2D eigenvalue weighted by Gasteiger charge is 2.31. The second kappa shape index (κ2) is 4.64. The van der Waals surface area contributed by atoms with Crippen molar-refractivity contribution in [2.75, 3.05) is 18.0 Å². The third kappa shape index (κ3) is 2.44. The minimum atomic E-state index is 0.246. The van der Waals surface area contributed by atoms with Crippen molar-refractivity contribution in [2.24, 2.45) is 5.92 Å². The van der Waals surface area contributed by atoms with Gasteiger partial charge in [-0.25, -0.2) is 4.98 Å². The molecule has 1 unspecified atom stereocenters. The van der Waals surface area contributed by atoms with E-state index in [0.29, 0.717) is 12.0 Å². The van der Waals surface area contributed by atoms with Gasteiger partial charge in [-0.05, 0) is 25.7 Å². The third-order valence-electron chi connectivity index (χ3n) is 3.50. The molecule has 3 rings (SSSR count). The number of carbonyl (C=O) groups excluding carboxylic acids is 1. The summed E-state index contributed by atoms with van der Waals surface area (Å²) >= 11 is 1.68. The van der Waals surface area contributed by atoms with Gasteiger partial charge in [0.15, 0.2) is 5.13 Å². The molecule has 2 heterocycles. The molecule has 1 aliphatic carbocycles. The normalized spacial score (nSPS) is 24.0. The van der Waals surface area contributed by atoms with Gasteiger partial charge in [-0.1, -0.05) is 0 Å². The van der Waals surface area contributed by atoms with Crippen LogP contribution < -0.4 is 10.2 Å². The fourth-order valence-corrected chi connectivity index (χ4v) is 3.11. The number of carbonyl (C=O) groups is 1. The van der Waals surface area contributed by atoms with E-state index in [1.807, 2.05) is 11.6 Å². The maximum Gasteiger partial charge on any atom is 0.223 e. The first-order valence-electron chi connectivity index (χ1n) is 6.28. The SMILES string of the molecule is O=C(NCC1CCCN1c1nccs1)C1CC1. The molecule has 4 nitrogen and oxygen atoms in total. The van der Waals surface area contributed by atoms with Gasteiger partial charge in [0.2, 0.25) is 5.91 Å². The van der Waals surface area contributed by atoms with Gasteiger partial charge in [-0.15, -0.1) is 11.3 Å². The number of nitrogens with zero attached hydrogens (tertiary/aromatic N) is 2. The summed E-state index contributed by atoms with van der Waals surface area (Å²) in [6, 6.07) is 0.434. The van der Waals surface area contributed by atoms with Crippen LogP contribution in [0, 0.1) is 5.92 Å². The van der Waals surface area contributed by atoms with Crippen LogP contribution in [0.3, 0.4) is 0 Å². The second-order valence-corrected chi connectivity index (χ2v) is 5.70. The van der Waals surface area contributed by atoms with Crippen LogP contribution in [0.2, 0.25) is 0 Å². The standard InChI is InChI=1S/C12H17N3OS/c16-11(9-3-4-9)14-8-10-2-1-6-15(10)12-13-5-7-17-12/h5,7,9-10H,1-4,6,8H2,(H,14,16). The molecule has 1 aromatic heterocycles. The van der Waals surface area contributed by atoms with E-state index in [2.05, 4.69) is 15.2 Å². The minimum Gasteiger partial charge on any atom is -0.354 e. The lowest BCUT2D eigenvalue weighted by Gasteiger charge is -2.24. The quantitative estimate of drug-likeness (QED) is 0.885. The number of hydrogen-bond acceptors (Lipinski definition) is 4. The third-order valence-corrected chi connectivity index (χ3v) is 4.31. The van der Waals surface area contributed by atoms with Crippen molar-refractivity contribution in [2.45, 2.75) is 31.7 Å². The molecule has 1 aliphatic heterocycles. The molecule has 0 aromatic carbocycles. The Labute approximate surface area is 105 Å². The number of amides is 1. The van der Waals surface area contributed by atoms with E-state index in [4.69, 9.17) is 0 Å². The van der Waals surface area contributed by atoms with E-state index >= 15 is 0 Å². The molecular weight excluding hydrogens is 234 g/mol. The van der Waals surface area contributed by atoms with E-state index in [1.54, 1.807) is 11.3 Å². The molecular formula is C12H17N3OS. The molecule has 1 atom stereocenters. The van der Waals surface area contributed by atoms with Crippen LogP contribution in [0.4, 0.5) is 5.13 Å². The zero-order valence-electron chi connectivity index (χ0n) is 9.76. The van der Waals surface area contributed by atoms with Crippen LogP contribution in [0.5, 0.6) is 0 Å². The molecule has 1 saturated heterocycles. The number of hydrogen-bond donors (Lipinski definition) is 1. The first-order chi connectivity index (χ1) is 8.34. The van der Waals surface area contributed by atoms with Gasteiger partial charge in [0, 0.05) is 36.6 Å². The van der Waals surface area contributed by atoms with Crippen LogP contribution in [-0.2, 0) is 4.79 Å². The van der Waals surface area contributed by atoms with Crippen LogP contribution in [0.15, 0.2) is 11.6 Å². The average molecular weight is 251 g/mol. The number of thiazole rings is 1. The fraction of sp³-hybridized carbons (Fsp3) is 0.667. The highest BCUT2D eigenvalue weighted by molar-refractivity contribution is 7.13. The number of rotatable bonds is 4. The van der Waals surface area contributed by atoms with Gasteiger partial charge < -0.3 is 10.2 Å². The molecule has 1 aromatic rings. The van der Waals surface area contributed by atoms with Crippen molar-refractivity contribution < 1.29 is 4.79 Å². The molecule has 1 saturated carbocycles. The molecule has 0 radical (unpaired) electrons. The minimum absolute atomic E-state index is 0.246. The van der Waals surface area contributed by atoms with Crippen molar-refractivity contribution >= 4 is 22.4 Å². The van der Waals surface area contributed by atoms with Gasteiger partial charge in [-0.2, -0.15) is 0 Å². The molecule has 5 heteroatoms. The van der Waals surface area contributed by atoms with Crippen molar-refractivity contribution in [1.29, 1.82) is 0 Å². The Morgan fingerprint density at radius 1 is 1.53 bits per heavy atom. The molecule has 17 heavy (non-hydrogen) atoms. The second-order valence-electron chi connectivity index (χ2n) is 4.82. The zero-order valence-corrected chi connectivity index (χ0v) is 10.6. The van der Waals surface area contributed by atoms with Gasteiger partial charge in [0.1, 0.15) is 0 Å². The molecule has 2 fully saturated rings. The number of nitrogens with one attached hydrogen (secondary N) is 1. The van der Waals surface area contributed by atoms with Crippen molar-refractivity contribution in [3.63, 3.8) is 0 Å². The summed E-state index contributed by atoms with van der Waals surface area (Å²) in [6.45, 7) is 1.84.